The summed E-state index contributed by atoms with van der Waals surface area (Å²) in [5, 5.41) is 17.0. The summed E-state index contributed by atoms with van der Waals surface area (Å²) in [5.74, 6) is 0.270. The number of H-pyrrole nitrogens is 1. The van der Waals surface area contributed by atoms with Crippen LogP contribution in [0.4, 0.5) is 21.9 Å². The van der Waals surface area contributed by atoms with E-state index in [1.165, 1.54) is 0 Å². The van der Waals surface area contributed by atoms with E-state index in [1.807, 2.05) is 12.1 Å². The van der Waals surface area contributed by atoms with Crippen molar-refractivity contribution in [3.8, 4) is 0 Å². The number of aromatic nitrogens is 1. The number of amides is 2. The largest absolute Gasteiger partial charge is 0.359 e. The number of carbonyl (C=O) groups is 1. The fourth-order valence-corrected chi connectivity index (χ4v) is 2.29. The molecule has 1 heterocycles. The van der Waals surface area contributed by atoms with Gasteiger partial charge in [0.25, 0.3) is 0 Å². The lowest BCUT2D eigenvalue weighted by molar-refractivity contribution is 0.262. The van der Waals surface area contributed by atoms with Crippen LogP contribution in [0, 0.1) is 5.41 Å². The molecule has 0 fully saturated rings. The third-order valence-electron chi connectivity index (χ3n) is 3.38. The fourth-order valence-electron chi connectivity index (χ4n) is 2.16. The van der Waals surface area contributed by atoms with E-state index in [0.717, 1.165) is 5.69 Å². The van der Waals surface area contributed by atoms with Crippen molar-refractivity contribution in [1.82, 2.24) is 4.98 Å². The van der Waals surface area contributed by atoms with Gasteiger partial charge in [-0.15, -0.1) is 0 Å². The Morgan fingerprint density at radius 3 is 1.88 bits per heavy atom. The van der Waals surface area contributed by atoms with E-state index in [0.29, 0.717) is 22.1 Å². The van der Waals surface area contributed by atoms with Crippen LogP contribution in [-0.2, 0) is 0 Å². The van der Waals surface area contributed by atoms with E-state index in [1.54, 1.807) is 54.7 Å². The molecule has 0 saturated heterocycles. The zero-order valence-electron chi connectivity index (χ0n) is 13.1. The maximum absolute atomic E-state index is 12.0. The summed E-state index contributed by atoms with van der Waals surface area (Å²) in [5.41, 5.74) is 2.75. The van der Waals surface area contributed by atoms with Crippen molar-refractivity contribution in [2.45, 2.75) is 0 Å². The van der Waals surface area contributed by atoms with Crippen molar-refractivity contribution in [3.63, 3.8) is 0 Å². The average molecular weight is 354 g/mol. The molecule has 0 aliphatic rings. The van der Waals surface area contributed by atoms with E-state index >= 15 is 0 Å². The summed E-state index contributed by atoms with van der Waals surface area (Å²) in [7, 11) is 0. The lowest BCUT2D eigenvalue weighted by atomic mass is 10.2. The van der Waals surface area contributed by atoms with Gasteiger partial charge < -0.3 is 20.9 Å². The van der Waals surface area contributed by atoms with Crippen LogP contribution in [0.25, 0.3) is 0 Å². The molecule has 1 aromatic heterocycles. The Balaban J connectivity index is 1.56. The number of nitrogens with one attached hydrogen (secondary N) is 5. The van der Waals surface area contributed by atoms with Gasteiger partial charge in [0.2, 0.25) is 0 Å². The molecule has 0 aliphatic carbocycles. The molecular formula is C18H16ClN5O. The molecule has 0 aliphatic heterocycles. The minimum atomic E-state index is -0.345. The first-order valence-corrected chi connectivity index (χ1v) is 7.91. The fraction of sp³-hybridized carbons (Fsp3) is 0. The number of benzene rings is 2. The first-order valence-electron chi connectivity index (χ1n) is 7.53. The molecule has 25 heavy (non-hydrogen) atoms. The maximum Gasteiger partial charge on any atom is 0.323 e. The SMILES string of the molecule is N=C(Nc1ccc(NC(=O)Nc2ccc(Cl)cc2)cc1)c1ccc[nH]1. The number of amidine groups is 1. The van der Waals surface area contributed by atoms with Crippen LogP contribution in [0.5, 0.6) is 0 Å². The standard InChI is InChI=1S/C18H16ClN5O/c19-12-3-5-14(6-4-12)23-18(25)24-15-9-7-13(8-10-15)22-17(20)16-2-1-11-21-16/h1-11,21H,(H2,20,22)(H2,23,24,25). The van der Waals surface area contributed by atoms with Gasteiger partial charge in [-0.25, -0.2) is 4.79 Å². The molecule has 6 nitrogen and oxygen atoms in total. The molecule has 0 unspecified atom stereocenters. The molecular weight excluding hydrogens is 338 g/mol. The number of urea groups is 1. The van der Waals surface area contributed by atoms with Crippen molar-refractivity contribution in [3.05, 3.63) is 77.6 Å². The summed E-state index contributed by atoms with van der Waals surface area (Å²) in [4.78, 5) is 14.9. The topological polar surface area (TPSA) is 92.8 Å². The first kappa shape index (κ1) is 16.6. The molecule has 5 N–H and O–H groups in total. The Morgan fingerprint density at radius 2 is 1.36 bits per heavy atom. The molecule has 0 atom stereocenters. The third kappa shape index (κ3) is 4.62. The van der Waals surface area contributed by atoms with Gasteiger partial charge in [-0.2, -0.15) is 0 Å². The second kappa shape index (κ2) is 7.55. The lowest BCUT2D eigenvalue weighted by Crippen LogP contribution is -2.19. The number of aromatic amines is 1. The molecule has 3 rings (SSSR count). The van der Waals surface area contributed by atoms with Crippen molar-refractivity contribution < 1.29 is 4.79 Å². The van der Waals surface area contributed by atoms with E-state index in [2.05, 4.69) is 20.9 Å². The number of rotatable bonds is 4. The molecule has 0 bridgehead atoms. The van der Waals surface area contributed by atoms with E-state index in [4.69, 9.17) is 17.0 Å². The van der Waals surface area contributed by atoms with Crippen molar-refractivity contribution in [1.29, 1.82) is 5.41 Å². The van der Waals surface area contributed by atoms with Gasteiger partial charge >= 0.3 is 6.03 Å². The Morgan fingerprint density at radius 1 is 0.840 bits per heavy atom. The minimum absolute atomic E-state index is 0.270. The highest BCUT2D eigenvalue weighted by molar-refractivity contribution is 6.30. The average Bonchev–Trinajstić information content (AvgIpc) is 3.13. The van der Waals surface area contributed by atoms with Crippen LogP contribution >= 0.6 is 11.6 Å². The molecule has 3 aromatic rings. The zero-order valence-corrected chi connectivity index (χ0v) is 13.9. The molecule has 2 aromatic carbocycles. The summed E-state index contributed by atoms with van der Waals surface area (Å²) < 4.78 is 0. The molecule has 0 saturated carbocycles. The monoisotopic (exact) mass is 353 g/mol. The van der Waals surface area contributed by atoms with Gasteiger partial charge in [-0.3, -0.25) is 5.41 Å². The molecule has 7 heteroatoms. The highest BCUT2D eigenvalue weighted by atomic mass is 35.5. The number of hydrogen-bond acceptors (Lipinski definition) is 2. The summed E-state index contributed by atoms with van der Waals surface area (Å²) in [6.07, 6.45) is 1.76. The smallest absolute Gasteiger partial charge is 0.323 e. The highest BCUT2D eigenvalue weighted by Gasteiger charge is 2.05. The Kier molecular flexibility index (Phi) is 5.01. The number of carbonyl (C=O) groups excluding carboxylic acids is 1. The predicted octanol–water partition coefficient (Wildman–Crippen LogP) is 4.75. The van der Waals surface area contributed by atoms with Crippen molar-refractivity contribution in [2.24, 2.45) is 0 Å². The molecule has 0 radical (unpaired) electrons. The van der Waals surface area contributed by atoms with Gasteiger partial charge in [0.05, 0.1) is 5.69 Å². The van der Waals surface area contributed by atoms with Crippen LogP contribution in [0.2, 0.25) is 5.02 Å². The van der Waals surface area contributed by atoms with Crippen LogP contribution in [0.3, 0.4) is 0 Å². The van der Waals surface area contributed by atoms with Gasteiger partial charge in [0, 0.05) is 28.3 Å². The van der Waals surface area contributed by atoms with Crippen molar-refractivity contribution >= 4 is 40.5 Å². The van der Waals surface area contributed by atoms with Gasteiger partial charge in [-0.05, 0) is 60.7 Å². The quantitative estimate of drug-likeness (QED) is 0.346. The van der Waals surface area contributed by atoms with Crippen LogP contribution in [0.1, 0.15) is 5.69 Å². The second-order valence-corrected chi connectivity index (χ2v) is 5.68. The zero-order chi connectivity index (χ0) is 17.6. The third-order valence-corrected chi connectivity index (χ3v) is 3.63. The highest BCUT2D eigenvalue weighted by Crippen LogP contribution is 2.16. The lowest BCUT2D eigenvalue weighted by Gasteiger charge is -2.10. The number of hydrogen-bond donors (Lipinski definition) is 5. The second-order valence-electron chi connectivity index (χ2n) is 5.25. The summed E-state index contributed by atoms with van der Waals surface area (Å²) in [6, 6.07) is 17.2. The van der Waals surface area contributed by atoms with Gasteiger partial charge in [-0.1, -0.05) is 11.6 Å². The van der Waals surface area contributed by atoms with Crippen LogP contribution in [-0.4, -0.2) is 16.9 Å². The van der Waals surface area contributed by atoms with E-state index in [-0.39, 0.29) is 11.9 Å². The summed E-state index contributed by atoms with van der Waals surface area (Å²) >= 11 is 5.81. The normalized spacial score (nSPS) is 10.1. The van der Waals surface area contributed by atoms with Crippen LogP contribution in [0.15, 0.2) is 66.9 Å². The number of halogens is 1. The van der Waals surface area contributed by atoms with Gasteiger partial charge in [0.1, 0.15) is 5.84 Å². The minimum Gasteiger partial charge on any atom is -0.359 e. The van der Waals surface area contributed by atoms with Crippen molar-refractivity contribution in [2.75, 3.05) is 16.0 Å². The molecule has 2 amide bonds. The predicted molar refractivity (Wildman–Crippen MR) is 102 cm³/mol. The molecule has 126 valence electrons. The number of anilines is 3. The molecule has 0 spiro atoms. The van der Waals surface area contributed by atoms with Gasteiger partial charge in [0.15, 0.2) is 0 Å². The first-order chi connectivity index (χ1) is 12.1. The maximum atomic E-state index is 12.0. The van der Waals surface area contributed by atoms with E-state index < -0.39 is 0 Å². The summed E-state index contributed by atoms with van der Waals surface area (Å²) in [6.45, 7) is 0. The Hall–Kier alpha value is -3.25. The Labute approximate surface area is 149 Å². The Bertz CT molecular complexity index is 857. The van der Waals surface area contributed by atoms with Crippen LogP contribution < -0.4 is 16.0 Å². The van der Waals surface area contributed by atoms with E-state index in [9.17, 15) is 4.79 Å².